The fraction of sp³-hybridized carbons (Fsp3) is 0.350. The van der Waals surface area contributed by atoms with Crippen LogP contribution in [0.4, 0.5) is 0 Å². The number of esters is 1. The predicted molar refractivity (Wildman–Crippen MR) is 99.3 cm³/mol. The van der Waals surface area contributed by atoms with Crippen LogP contribution in [0.15, 0.2) is 42.5 Å². The molecular weight excluding hydrogens is 330 g/mol. The SMILES string of the molecule is COC(=O)C(O)Cc1cc(-n2nc3ccccc3n2)cc(C(C)(C)C)c1. The largest absolute Gasteiger partial charge is 0.467 e. The number of aromatic nitrogens is 3. The number of benzene rings is 2. The number of hydrogen-bond donors (Lipinski definition) is 1. The van der Waals surface area contributed by atoms with Gasteiger partial charge in [-0.05, 0) is 40.8 Å². The van der Waals surface area contributed by atoms with Gasteiger partial charge in [-0.1, -0.05) is 39.0 Å². The lowest BCUT2D eigenvalue weighted by atomic mass is 9.85. The third kappa shape index (κ3) is 3.75. The Morgan fingerprint density at radius 3 is 2.31 bits per heavy atom. The summed E-state index contributed by atoms with van der Waals surface area (Å²) >= 11 is 0. The van der Waals surface area contributed by atoms with Crippen LogP contribution < -0.4 is 0 Å². The molecule has 26 heavy (non-hydrogen) atoms. The Hall–Kier alpha value is -2.73. The van der Waals surface area contributed by atoms with E-state index in [2.05, 4.69) is 35.7 Å². The van der Waals surface area contributed by atoms with Gasteiger partial charge in [0.2, 0.25) is 0 Å². The molecule has 1 heterocycles. The number of aliphatic hydroxyl groups excluding tert-OH is 1. The van der Waals surface area contributed by atoms with Crippen LogP contribution in [0.2, 0.25) is 0 Å². The number of methoxy groups -OCH3 is 1. The molecule has 1 unspecified atom stereocenters. The van der Waals surface area contributed by atoms with Gasteiger partial charge in [-0.25, -0.2) is 4.79 Å². The van der Waals surface area contributed by atoms with E-state index in [0.29, 0.717) is 0 Å². The van der Waals surface area contributed by atoms with Crippen LogP contribution in [0.3, 0.4) is 0 Å². The van der Waals surface area contributed by atoms with Gasteiger partial charge >= 0.3 is 5.97 Å². The highest BCUT2D eigenvalue weighted by atomic mass is 16.5. The predicted octanol–water partition coefficient (Wildman–Crippen LogP) is 2.79. The maximum Gasteiger partial charge on any atom is 0.335 e. The fourth-order valence-corrected chi connectivity index (χ4v) is 2.76. The highest BCUT2D eigenvalue weighted by Crippen LogP contribution is 2.27. The molecule has 0 spiro atoms. The van der Waals surface area contributed by atoms with Gasteiger partial charge in [-0.2, -0.15) is 4.80 Å². The van der Waals surface area contributed by atoms with Crippen molar-refractivity contribution in [3.8, 4) is 5.69 Å². The van der Waals surface area contributed by atoms with E-state index in [1.54, 1.807) is 4.80 Å². The summed E-state index contributed by atoms with van der Waals surface area (Å²) in [7, 11) is 1.27. The summed E-state index contributed by atoms with van der Waals surface area (Å²) in [5.74, 6) is -0.643. The number of ether oxygens (including phenoxy) is 1. The number of rotatable bonds is 4. The second-order valence-corrected chi connectivity index (χ2v) is 7.36. The van der Waals surface area contributed by atoms with E-state index in [9.17, 15) is 9.90 Å². The molecule has 0 saturated heterocycles. The van der Waals surface area contributed by atoms with Gasteiger partial charge in [-0.15, -0.1) is 10.2 Å². The first-order valence-corrected chi connectivity index (χ1v) is 8.51. The minimum atomic E-state index is -1.20. The number of fused-ring (bicyclic) bond motifs is 1. The highest BCUT2D eigenvalue weighted by molar-refractivity contribution is 5.75. The lowest BCUT2D eigenvalue weighted by Gasteiger charge is -2.21. The molecule has 0 aliphatic heterocycles. The molecule has 0 aliphatic rings. The van der Waals surface area contributed by atoms with Crippen molar-refractivity contribution in [1.82, 2.24) is 15.0 Å². The molecule has 1 aromatic heterocycles. The summed E-state index contributed by atoms with van der Waals surface area (Å²) in [6.45, 7) is 6.33. The Bertz CT molecular complexity index is 908. The van der Waals surface area contributed by atoms with E-state index < -0.39 is 12.1 Å². The molecule has 0 amide bonds. The summed E-state index contributed by atoms with van der Waals surface area (Å²) in [5, 5.41) is 19.1. The molecule has 2 aromatic carbocycles. The molecule has 1 atom stereocenters. The van der Waals surface area contributed by atoms with Gasteiger partial charge < -0.3 is 9.84 Å². The Balaban J connectivity index is 2.06. The van der Waals surface area contributed by atoms with Crippen LogP contribution in [-0.2, 0) is 21.4 Å². The zero-order valence-corrected chi connectivity index (χ0v) is 15.4. The van der Waals surface area contributed by atoms with E-state index in [4.69, 9.17) is 0 Å². The Labute approximate surface area is 152 Å². The van der Waals surface area contributed by atoms with E-state index in [1.165, 1.54) is 7.11 Å². The van der Waals surface area contributed by atoms with Crippen molar-refractivity contribution in [2.75, 3.05) is 7.11 Å². The van der Waals surface area contributed by atoms with E-state index in [-0.39, 0.29) is 11.8 Å². The lowest BCUT2D eigenvalue weighted by Crippen LogP contribution is -2.24. The minimum Gasteiger partial charge on any atom is -0.467 e. The fourth-order valence-electron chi connectivity index (χ4n) is 2.76. The van der Waals surface area contributed by atoms with Gasteiger partial charge in [0, 0.05) is 6.42 Å². The van der Waals surface area contributed by atoms with E-state index in [0.717, 1.165) is 27.8 Å². The van der Waals surface area contributed by atoms with Gasteiger partial charge in [0.05, 0.1) is 12.8 Å². The van der Waals surface area contributed by atoms with Gasteiger partial charge in [0.25, 0.3) is 0 Å². The summed E-state index contributed by atoms with van der Waals surface area (Å²) in [5.41, 5.74) is 4.21. The quantitative estimate of drug-likeness (QED) is 0.730. The van der Waals surface area contributed by atoms with Crippen LogP contribution in [0.5, 0.6) is 0 Å². The Morgan fingerprint density at radius 1 is 1.15 bits per heavy atom. The average molecular weight is 353 g/mol. The smallest absolute Gasteiger partial charge is 0.335 e. The number of carbonyl (C=O) groups excluding carboxylic acids is 1. The van der Waals surface area contributed by atoms with E-state index in [1.807, 2.05) is 42.5 Å². The highest BCUT2D eigenvalue weighted by Gasteiger charge is 2.20. The normalized spacial score (nSPS) is 13.0. The molecule has 0 aliphatic carbocycles. The molecule has 0 fully saturated rings. The molecule has 0 bridgehead atoms. The first-order valence-electron chi connectivity index (χ1n) is 8.51. The molecule has 3 aromatic rings. The van der Waals surface area contributed by atoms with Gasteiger partial charge in [0.15, 0.2) is 6.10 Å². The minimum absolute atomic E-state index is 0.104. The van der Waals surface area contributed by atoms with Crippen molar-refractivity contribution in [1.29, 1.82) is 0 Å². The standard InChI is InChI=1S/C20H23N3O3/c1-20(2,3)14-9-13(11-18(24)19(25)26-4)10-15(12-14)23-21-16-7-5-6-8-17(16)22-23/h5-10,12,18,24H,11H2,1-4H3. The first kappa shape index (κ1) is 18.1. The van der Waals surface area contributed by atoms with Crippen LogP contribution in [-0.4, -0.2) is 39.3 Å². The van der Waals surface area contributed by atoms with Crippen LogP contribution in [0, 0.1) is 0 Å². The second kappa shape index (κ2) is 6.88. The number of hydrogen-bond acceptors (Lipinski definition) is 5. The summed E-state index contributed by atoms with van der Waals surface area (Å²) in [6.07, 6.45) is -1.03. The lowest BCUT2D eigenvalue weighted by molar-refractivity contribution is -0.150. The molecule has 6 nitrogen and oxygen atoms in total. The zero-order valence-electron chi connectivity index (χ0n) is 15.4. The molecule has 1 N–H and O–H groups in total. The topological polar surface area (TPSA) is 77.2 Å². The van der Waals surface area contributed by atoms with Crippen molar-refractivity contribution in [2.45, 2.75) is 38.7 Å². The van der Waals surface area contributed by atoms with Crippen LogP contribution in [0.1, 0.15) is 31.9 Å². The van der Waals surface area contributed by atoms with Crippen LogP contribution >= 0.6 is 0 Å². The van der Waals surface area contributed by atoms with Crippen molar-refractivity contribution >= 4 is 17.0 Å². The molecule has 0 radical (unpaired) electrons. The molecule has 6 heteroatoms. The molecule has 0 saturated carbocycles. The summed E-state index contributed by atoms with van der Waals surface area (Å²) in [6, 6.07) is 13.6. The van der Waals surface area contributed by atoms with E-state index >= 15 is 0 Å². The van der Waals surface area contributed by atoms with Gasteiger partial charge in [-0.3, -0.25) is 0 Å². The summed E-state index contributed by atoms with van der Waals surface area (Å²) in [4.78, 5) is 13.2. The van der Waals surface area contributed by atoms with Gasteiger partial charge in [0.1, 0.15) is 11.0 Å². The van der Waals surface area contributed by atoms with Crippen molar-refractivity contribution in [3.05, 3.63) is 53.6 Å². The van der Waals surface area contributed by atoms with Crippen molar-refractivity contribution in [2.24, 2.45) is 0 Å². The maximum atomic E-state index is 11.6. The van der Waals surface area contributed by atoms with Crippen molar-refractivity contribution < 1.29 is 14.6 Å². The second-order valence-electron chi connectivity index (χ2n) is 7.36. The third-order valence-electron chi connectivity index (χ3n) is 4.26. The van der Waals surface area contributed by atoms with Crippen molar-refractivity contribution in [3.63, 3.8) is 0 Å². The Kier molecular flexibility index (Phi) is 4.78. The summed E-state index contributed by atoms with van der Waals surface area (Å²) < 4.78 is 4.62. The number of aliphatic hydroxyl groups is 1. The molecule has 136 valence electrons. The molecular formula is C20H23N3O3. The number of carbonyl (C=O) groups is 1. The third-order valence-corrected chi connectivity index (χ3v) is 4.26. The monoisotopic (exact) mass is 353 g/mol. The Morgan fingerprint density at radius 2 is 1.77 bits per heavy atom. The first-order chi connectivity index (χ1) is 12.3. The zero-order chi connectivity index (χ0) is 18.9. The maximum absolute atomic E-state index is 11.6. The molecule has 3 rings (SSSR count). The average Bonchev–Trinajstić information content (AvgIpc) is 3.04. The number of nitrogens with zero attached hydrogens (tertiary/aromatic N) is 3. The van der Waals surface area contributed by atoms with Crippen LogP contribution in [0.25, 0.3) is 16.7 Å².